The smallest absolute Gasteiger partial charge is 0.243 e. The van der Waals surface area contributed by atoms with E-state index in [4.69, 9.17) is 5.11 Å². The summed E-state index contributed by atoms with van der Waals surface area (Å²) in [5.74, 6) is 0. The quantitative estimate of drug-likeness (QED) is 0.797. The van der Waals surface area contributed by atoms with Crippen molar-refractivity contribution in [1.29, 1.82) is 0 Å². The number of rotatable bonds is 7. The van der Waals surface area contributed by atoms with Crippen molar-refractivity contribution >= 4 is 10.0 Å². The fraction of sp³-hybridized carbons (Fsp3) is 0.600. The highest BCUT2D eigenvalue weighted by Gasteiger charge is 2.34. The molecule has 0 radical (unpaired) electrons. The topological polar surface area (TPSA) is 69.6 Å². The van der Waals surface area contributed by atoms with E-state index >= 15 is 0 Å². The number of sulfonamides is 1. The van der Waals surface area contributed by atoms with Crippen LogP contribution in [0, 0.1) is 0 Å². The second kappa shape index (κ2) is 7.35. The molecule has 1 fully saturated rings. The van der Waals surface area contributed by atoms with Crippen LogP contribution in [0.2, 0.25) is 0 Å². The van der Waals surface area contributed by atoms with Gasteiger partial charge in [0, 0.05) is 25.7 Å². The predicted molar refractivity (Wildman–Crippen MR) is 82.4 cm³/mol. The van der Waals surface area contributed by atoms with Crippen molar-refractivity contribution in [1.82, 2.24) is 9.62 Å². The fourth-order valence-electron chi connectivity index (χ4n) is 2.86. The minimum atomic E-state index is -3.42. The maximum Gasteiger partial charge on any atom is 0.243 e. The van der Waals surface area contributed by atoms with Crippen molar-refractivity contribution in [2.75, 3.05) is 20.2 Å². The van der Waals surface area contributed by atoms with E-state index in [1.807, 2.05) is 19.2 Å². The Bertz CT molecular complexity index is 543. The molecule has 2 rings (SSSR count). The highest BCUT2D eigenvalue weighted by molar-refractivity contribution is 7.89. The number of hydrogen-bond acceptors (Lipinski definition) is 4. The zero-order valence-electron chi connectivity index (χ0n) is 12.5. The van der Waals surface area contributed by atoms with Gasteiger partial charge in [0.1, 0.15) is 0 Å². The molecule has 1 aromatic carbocycles. The van der Waals surface area contributed by atoms with Gasteiger partial charge in [-0.05, 0) is 50.4 Å². The summed E-state index contributed by atoms with van der Waals surface area (Å²) in [6.07, 6.45) is 3.16. The minimum absolute atomic E-state index is 0.0270. The maximum absolute atomic E-state index is 12.7. The van der Waals surface area contributed by atoms with Gasteiger partial charge in [0.25, 0.3) is 0 Å². The molecule has 1 atom stereocenters. The van der Waals surface area contributed by atoms with Crippen LogP contribution in [0.4, 0.5) is 0 Å². The van der Waals surface area contributed by atoms with Crippen LogP contribution in [0.5, 0.6) is 0 Å². The second-order valence-electron chi connectivity index (χ2n) is 5.45. The van der Waals surface area contributed by atoms with Crippen molar-refractivity contribution in [2.45, 2.75) is 43.2 Å². The fourth-order valence-corrected chi connectivity index (χ4v) is 4.58. The number of hydrogen-bond donors (Lipinski definition) is 2. The van der Waals surface area contributed by atoms with Gasteiger partial charge in [-0.3, -0.25) is 0 Å². The molecule has 0 amide bonds. The van der Waals surface area contributed by atoms with Crippen LogP contribution in [0.15, 0.2) is 29.2 Å². The zero-order chi connectivity index (χ0) is 15.3. The van der Waals surface area contributed by atoms with Crippen LogP contribution in [-0.4, -0.2) is 44.1 Å². The van der Waals surface area contributed by atoms with Crippen LogP contribution in [0.25, 0.3) is 0 Å². The number of aliphatic hydroxyl groups excluding tert-OH is 1. The Kier molecular flexibility index (Phi) is 5.75. The number of aliphatic hydroxyl groups is 1. The van der Waals surface area contributed by atoms with E-state index in [1.54, 1.807) is 16.4 Å². The van der Waals surface area contributed by atoms with Crippen molar-refractivity contribution in [3.05, 3.63) is 29.8 Å². The Labute approximate surface area is 127 Å². The summed E-state index contributed by atoms with van der Waals surface area (Å²) in [5.41, 5.74) is 1.06. The molecule has 0 spiro atoms. The lowest BCUT2D eigenvalue weighted by atomic mass is 10.1. The lowest BCUT2D eigenvalue weighted by Crippen LogP contribution is -2.35. The maximum atomic E-state index is 12.7. The van der Waals surface area contributed by atoms with Crippen LogP contribution in [0.1, 0.15) is 31.2 Å². The first-order valence-corrected chi connectivity index (χ1v) is 8.90. The molecule has 21 heavy (non-hydrogen) atoms. The standard InChI is InChI=1S/C15H24N2O3S/c1-16-12-13-6-8-15(9-7-13)21(19,20)17-10-2-4-14(17)5-3-11-18/h6-9,14,16,18H,2-5,10-12H2,1H3. The molecule has 0 saturated carbocycles. The number of benzene rings is 1. The molecule has 1 aromatic rings. The van der Waals surface area contributed by atoms with Gasteiger partial charge in [0.05, 0.1) is 4.90 Å². The minimum Gasteiger partial charge on any atom is -0.396 e. The molecule has 5 nitrogen and oxygen atoms in total. The van der Waals surface area contributed by atoms with Crippen molar-refractivity contribution < 1.29 is 13.5 Å². The molecule has 118 valence electrons. The third kappa shape index (κ3) is 3.83. The summed E-state index contributed by atoms with van der Waals surface area (Å²) in [6.45, 7) is 1.42. The van der Waals surface area contributed by atoms with Gasteiger partial charge in [0.2, 0.25) is 10.0 Å². The summed E-state index contributed by atoms with van der Waals surface area (Å²) in [4.78, 5) is 0.359. The summed E-state index contributed by atoms with van der Waals surface area (Å²) in [6, 6.07) is 7.09. The normalized spacial score (nSPS) is 20.0. The average molecular weight is 312 g/mol. The lowest BCUT2D eigenvalue weighted by molar-refractivity contribution is 0.264. The molecule has 6 heteroatoms. The van der Waals surface area contributed by atoms with Gasteiger partial charge in [0.15, 0.2) is 0 Å². The first-order chi connectivity index (χ1) is 10.1. The molecule has 1 saturated heterocycles. The van der Waals surface area contributed by atoms with Crippen LogP contribution >= 0.6 is 0 Å². The lowest BCUT2D eigenvalue weighted by Gasteiger charge is -2.24. The van der Waals surface area contributed by atoms with Crippen LogP contribution < -0.4 is 5.32 Å². The van der Waals surface area contributed by atoms with Gasteiger partial charge < -0.3 is 10.4 Å². The molecule has 0 aromatic heterocycles. The molecule has 2 N–H and O–H groups in total. The third-order valence-corrected chi connectivity index (χ3v) is 5.90. The molecule has 0 aliphatic carbocycles. The Morgan fingerprint density at radius 2 is 2.05 bits per heavy atom. The third-order valence-electron chi connectivity index (χ3n) is 3.93. The summed E-state index contributed by atoms with van der Waals surface area (Å²) >= 11 is 0. The summed E-state index contributed by atoms with van der Waals surface area (Å²) < 4.78 is 27.1. The molecular formula is C15H24N2O3S. The van der Waals surface area contributed by atoms with Crippen LogP contribution in [-0.2, 0) is 16.6 Å². The van der Waals surface area contributed by atoms with Crippen molar-refractivity contribution in [3.8, 4) is 0 Å². The zero-order valence-corrected chi connectivity index (χ0v) is 13.3. The molecule has 1 aliphatic heterocycles. The van der Waals surface area contributed by atoms with Gasteiger partial charge in [-0.15, -0.1) is 0 Å². The van der Waals surface area contributed by atoms with E-state index in [0.717, 1.165) is 31.4 Å². The van der Waals surface area contributed by atoms with Gasteiger partial charge in [-0.2, -0.15) is 4.31 Å². The largest absolute Gasteiger partial charge is 0.396 e. The Balaban J connectivity index is 2.16. The molecule has 1 unspecified atom stereocenters. The summed E-state index contributed by atoms with van der Waals surface area (Å²) in [5, 5.41) is 12.0. The monoisotopic (exact) mass is 312 g/mol. The number of nitrogens with zero attached hydrogens (tertiary/aromatic N) is 1. The number of nitrogens with one attached hydrogen (secondary N) is 1. The van der Waals surface area contributed by atoms with Crippen molar-refractivity contribution in [3.63, 3.8) is 0 Å². The van der Waals surface area contributed by atoms with E-state index in [2.05, 4.69) is 5.32 Å². The van der Waals surface area contributed by atoms with E-state index in [-0.39, 0.29) is 12.6 Å². The van der Waals surface area contributed by atoms with E-state index in [0.29, 0.717) is 17.9 Å². The van der Waals surface area contributed by atoms with Gasteiger partial charge in [-0.1, -0.05) is 12.1 Å². The first-order valence-electron chi connectivity index (χ1n) is 7.46. The highest BCUT2D eigenvalue weighted by Crippen LogP contribution is 2.28. The Morgan fingerprint density at radius 1 is 1.33 bits per heavy atom. The van der Waals surface area contributed by atoms with Gasteiger partial charge >= 0.3 is 0 Å². The predicted octanol–water partition coefficient (Wildman–Crippen LogP) is 1.33. The second-order valence-corrected chi connectivity index (χ2v) is 7.34. The SMILES string of the molecule is CNCc1ccc(S(=O)(=O)N2CCCC2CCCO)cc1. The van der Waals surface area contributed by atoms with E-state index < -0.39 is 10.0 Å². The van der Waals surface area contributed by atoms with Crippen molar-refractivity contribution in [2.24, 2.45) is 0 Å². The molecular weight excluding hydrogens is 288 g/mol. The van der Waals surface area contributed by atoms with E-state index in [1.165, 1.54) is 0 Å². The molecule has 1 heterocycles. The molecule has 0 bridgehead atoms. The molecule has 1 aliphatic rings. The van der Waals surface area contributed by atoms with Crippen LogP contribution in [0.3, 0.4) is 0 Å². The average Bonchev–Trinajstić information content (AvgIpc) is 2.95. The Hall–Kier alpha value is -0.950. The Morgan fingerprint density at radius 3 is 2.67 bits per heavy atom. The summed E-state index contributed by atoms with van der Waals surface area (Å²) in [7, 11) is -1.56. The first kappa shape index (κ1) is 16.4. The van der Waals surface area contributed by atoms with Gasteiger partial charge in [-0.25, -0.2) is 8.42 Å². The van der Waals surface area contributed by atoms with E-state index in [9.17, 15) is 8.42 Å². The highest BCUT2D eigenvalue weighted by atomic mass is 32.2.